The number of hydrogen-bond acceptors (Lipinski definition) is 3. The number of nitrogens with two attached hydrogens (primary N) is 1. The minimum Gasteiger partial charge on any atom is -0.478 e. The van der Waals surface area contributed by atoms with Gasteiger partial charge in [0.1, 0.15) is 0 Å². The van der Waals surface area contributed by atoms with E-state index in [1.54, 1.807) is 31.2 Å². The lowest BCUT2D eigenvalue weighted by atomic mass is 10.1. The summed E-state index contributed by atoms with van der Waals surface area (Å²) >= 11 is 0. The lowest BCUT2D eigenvalue weighted by Gasteiger charge is -2.12. The minimum absolute atomic E-state index is 0.0599. The standard InChI is InChI=1S/C14H16N2O4/c1-9(7-12(15)17)16-14(20)11-4-2-3-10(8-11)5-6-13(18)19/h2-6,8-9H,7H2,1H3,(H2,15,17)(H,16,20)(H,18,19)/b6-5+. The summed E-state index contributed by atoms with van der Waals surface area (Å²) in [6.45, 7) is 1.68. The average Bonchev–Trinajstić information content (AvgIpc) is 2.35. The monoisotopic (exact) mass is 276 g/mol. The van der Waals surface area contributed by atoms with Gasteiger partial charge in [0.15, 0.2) is 0 Å². The average molecular weight is 276 g/mol. The van der Waals surface area contributed by atoms with Crippen LogP contribution in [-0.4, -0.2) is 28.9 Å². The van der Waals surface area contributed by atoms with Gasteiger partial charge < -0.3 is 16.2 Å². The Morgan fingerprint density at radius 1 is 1.40 bits per heavy atom. The van der Waals surface area contributed by atoms with Gasteiger partial charge in [-0.3, -0.25) is 9.59 Å². The molecule has 0 radical (unpaired) electrons. The number of aliphatic carboxylic acids is 1. The van der Waals surface area contributed by atoms with Crippen LogP contribution in [0.3, 0.4) is 0 Å². The highest BCUT2D eigenvalue weighted by Crippen LogP contribution is 2.08. The van der Waals surface area contributed by atoms with Gasteiger partial charge in [-0.1, -0.05) is 12.1 Å². The van der Waals surface area contributed by atoms with E-state index < -0.39 is 11.9 Å². The fourth-order valence-corrected chi connectivity index (χ4v) is 1.61. The number of carbonyl (C=O) groups excluding carboxylic acids is 2. The maximum atomic E-state index is 11.9. The molecule has 0 aliphatic rings. The predicted molar refractivity (Wildman–Crippen MR) is 73.9 cm³/mol. The molecule has 1 atom stereocenters. The fraction of sp³-hybridized carbons (Fsp3) is 0.214. The van der Waals surface area contributed by atoms with Crippen LogP contribution >= 0.6 is 0 Å². The molecule has 0 aliphatic heterocycles. The molecule has 4 N–H and O–H groups in total. The first-order chi connectivity index (χ1) is 9.38. The predicted octanol–water partition coefficient (Wildman–Crippen LogP) is 0.778. The van der Waals surface area contributed by atoms with Gasteiger partial charge in [-0.25, -0.2) is 4.79 Å². The summed E-state index contributed by atoms with van der Waals surface area (Å²) in [6, 6.07) is 6.13. The lowest BCUT2D eigenvalue weighted by Crippen LogP contribution is -2.35. The minimum atomic E-state index is -1.06. The summed E-state index contributed by atoms with van der Waals surface area (Å²) in [5, 5.41) is 11.2. The highest BCUT2D eigenvalue weighted by atomic mass is 16.4. The van der Waals surface area contributed by atoms with Crippen LogP contribution in [-0.2, 0) is 9.59 Å². The molecular formula is C14H16N2O4. The molecule has 0 saturated heterocycles. The van der Waals surface area contributed by atoms with Crippen LogP contribution in [0.25, 0.3) is 6.08 Å². The van der Waals surface area contributed by atoms with Gasteiger partial charge in [0.05, 0.1) is 0 Å². The Hall–Kier alpha value is -2.63. The molecule has 0 aliphatic carbocycles. The highest BCUT2D eigenvalue weighted by molar-refractivity contribution is 5.95. The molecule has 6 heteroatoms. The molecule has 0 fully saturated rings. The van der Waals surface area contributed by atoms with Crippen LogP contribution in [0.5, 0.6) is 0 Å². The number of primary amides is 1. The largest absolute Gasteiger partial charge is 0.478 e. The maximum absolute atomic E-state index is 11.9. The fourth-order valence-electron chi connectivity index (χ4n) is 1.61. The van der Waals surface area contributed by atoms with Crippen molar-refractivity contribution < 1.29 is 19.5 Å². The molecule has 20 heavy (non-hydrogen) atoms. The summed E-state index contributed by atoms with van der Waals surface area (Å²) in [5.74, 6) is -1.89. The van der Waals surface area contributed by atoms with E-state index in [2.05, 4.69) is 5.32 Å². The van der Waals surface area contributed by atoms with Crippen LogP contribution < -0.4 is 11.1 Å². The van der Waals surface area contributed by atoms with Crippen molar-refractivity contribution in [2.45, 2.75) is 19.4 Å². The van der Waals surface area contributed by atoms with Gasteiger partial charge in [0.2, 0.25) is 5.91 Å². The van der Waals surface area contributed by atoms with E-state index in [1.165, 1.54) is 6.08 Å². The lowest BCUT2D eigenvalue weighted by molar-refractivity contribution is -0.131. The zero-order chi connectivity index (χ0) is 15.1. The van der Waals surface area contributed by atoms with E-state index in [9.17, 15) is 14.4 Å². The smallest absolute Gasteiger partial charge is 0.328 e. The molecular weight excluding hydrogens is 260 g/mol. The van der Waals surface area contributed by atoms with Gasteiger partial charge in [-0.15, -0.1) is 0 Å². The van der Waals surface area contributed by atoms with Crippen molar-refractivity contribution in [3.63, 3.8) is 0 Å². The number of carboxylic acids is 1. The number of nitrogens with one attached hydrogen (secondary N) is 1. The second kappa shape index (κ2) is 7.08. The Kier molecular flexibility index (Phi) is 5.46. The topological polar surface area (TPSA) is 109 Å². The zero-order valence-corrected chi connectivity index (χ0v) is 11.0. The number of amides is 2. The van der Waals surface area contributed by atoms with Crippen LogP contribution in [0.15, 0.2) is 30.3 Å². The SMILES string of the molecule is CC(CC(N)=O)NC(=O)c1cccc(/C=C/C(=O)O)c1. The molecule has 0 heterocycles. The molecule has 0 bridgehead atoms. The van der Waals surface area contributed by atoms with Gasteiger partial charge in [0.25, 0.3) is 5.91 Å². The Balaban J connectivity index is 2.76. The third-order valence-corrected chi connectivity index (χ3v) is 2.45. The van der Waals surface area contributed by atoms with E-state index in [-0.39, 0.29) is 18.4 Å². The molecule has 1 aromatic carbocycles. The molecule has 1 rings (SSSR count). The molecule has 1 unspecified atom stereocenters. The molecule has 2 amide bonds. The second-order valence-corrected chi connectivity index (χ2v) is 4.34. The summed E-state index contributed by atoms with van der Waals surface area (Å²) in [5.41, 5.74) is 6.03. The van der Waals surface area contributed by atoms with E-state index >= 15 is 0 Å². The van der Waals surface area contributed by atoms with Crippen LogP contribution in [0, 0.1) is 0 Å². The number of rotatable bonds is 6. The number of carboxylic acid groups (broad SMARTS) is 1. The third-order valence-electron chi connectivity index (χ3n) is 2.45. The van der Waals surface area contributed by atoms with Crippen molar-refractivity contribution in [1.82, 2.24) is 5.32 Å². The number of benzene rings is 1. The van der Waals surface area contributed by atoms with Crippen molar-refractivity contribution >= 4 is 23.9 Å². The maximum Gasteiger partial charge on any atom is 0.328 e. The van der Waals surface area contributed by atoms with Crippen molar-refractivity contribution in [3.8, 4) is 0 Å². The Morgan fingerprint density at radius 3 is 2.70 bits per heavy atom. The van der Waals surface area contributed by atoms with E-state index in [0.717, 1.165) is 6.08 Å². The zero-order valence-electron chi connectivity index (χ0n) is 11.0. The van der Waals surface area contributed by atoms with E-state index in [4.69, 9.17) is 10.8 Å². The molecule has 1 aromatic rings. The highest BCUT2D eigenvalue weighted by Gasteiger charge is 2.11. The molecule has 0 spiro atoms. The third kappa shape index (κ3) is 5.34. The van der Waals surface area contributed by atoms with E-state index in [1.807, 2.05) is 0 Å². The summed E-state index contributed by atoms with van der Waals surface area (Å²) in [6.07, 6.45) is 2.45. The summed E-state index contributed by atoms with van der Waals surface area (Å²) in [7, 11) is 0. The number of carbonyl (C=O) groups is 3. The Labute approximate surface area is 116 Å². The van der Waals surface area contributed by atoms with Gasteiger partial charge in [-0.2, -0.15) is 0 Å². The molecule has 0 saturated carbocycles. The molecule has 0 aromatic heterocycles. The van der Waals surface area contributed by atoms with Gasteiger partial charge >= 0.3 is 5.97 Å². The first-order valence-electron chi connectivity index (χ1n) is 5.98. The van der Waals surface area contributed by atoms with Crippen LogP contribution in [0.1, 0.15) is 29.3 Å². The quantitative estimate of drug-likeness (QED) is 0.667. The summed E-state index contributed by atoms with van der Waals surface area (Å²) < 4.78 is 0. The second-order valence-electron chi connectivity index (χ2n) is 4.34. The first kappa shape index (κ1) is 15.4. The Bertz CT molecular complexity index is 552. The normalized spacial score (nSPS) is 12.1. The van der Waals surface area contributed by atoms with Crippen LogP contribution in [0.4, 0.5) is 0 Å². The molecule has 6 nitrogen and oxygen atoms in total. The van der Waals surface area contributed by atoms with Crippen molar-refractivity contribution in [2.24, 2.45) is 5.73 Å². The van der Waals surface area contributed by atoms with Crippen molar-refractivity contribution in [2.75, 3.05) is 0 Å². The van der Waals surface area contributed by atoms with Crippen LogP contribution in [0.2, 0.25) is 0 Å². The Morgan fingerprint density at radius 2 is 2.10 bits per heavy atom. The first-order valence-corrected chi connectivity index (χ1v) is 5.98. The number of hydrogen-bond donors (Lipinski definition) is 3. The van der Waals surface area contributed by atoms with Gasteiger partial charge in [-0.05, 0) is 30.7 Å². The van der Waals surface area contributed by atoms with Crippen molar-refractivity contribution in [3.05, 3.63) is 41.5 Å². The van der Waals surface area contributed by atoms with Gasteiger partial charge in [0, 0.05) is 24.1 Å². The van der Waals surface area contributed by atoms with E-state index in [0.29, 0.717) is 11.1 Å². The van der Waals surface area contributed by atoms with Crippen molar-refractivity contribution in [1.29, 1.82) is 0 Å². The summed E-state index contributed by atoms with van der Waals surface area (Å²) in [4.78, 5) is 33.1. The molecule has 106 valence electrons.